The lowest BCUT2D eigenvalue weighted by atomic mass is 10.2. The van der Waals surface area contributed by atoms with Crippen molar-refractivity contribution in [3.63, 3.8) is 0 Å². The molecule has 0 saturated heterocycles. The molecule has 0 unspecified atom stereocenters. The average Bonchev–Trinajstić information content (AvgIpc) is 2.48. The van der Waals surface area contributed by atoms with Gasteiger partial charge in [-0.05, 0) is 20.3 Å². The van der Waals surface area contributed by atoms with E-state index >= 15 is 0 Å². The molecule has 0 radical (unpaired) electrons. The highest BCUT2D eigenvalue weighted by atomic mass is 15.3. The summed E-state index contributed by atoms with van der Waals surface area (Å²) in [5.41, 5.74) is 9.05. The van der Waals surface area contributed by atoms with E-state index in [9.17, 15) is 0 Å². The van der Waals surface area contributed by atoms with Crippen LogP contribution in [0, 0.1) is 13.8 Å². The first-order chi connectivity index (χ1) is 7.56. The third-order valence-corrected chi connectivity index (χ3v) is 2.62. The Kier molecular flexibility index (Phi) is 4.34. The minimum absolute atomic E-state index is 0.504. The monoisotopic (exact) mass is 223 g/mol. The van der Waals surface area contributed by atoms with E-state index in [1.807, 2.05) is 25.6 Å². The molecule has 0 aliphatic rings. The standard InChI is InChI=1S/C11H21N5/c1-5-6-13-11(12)14-7-10-8(2)15-16(4)9(10)3/h5-7H2,1-4H3,(H3,12,13,14). The molecular weight excluding hydrogens is 202 g/mol. The maximum atomic E-state index is 5.73. The molecule has 0 aliphatic heterocycles. The summed E-state index contributed by atoms with van der Waals surface area (Å²) in [5.74, 6) is 0.504. The summed E-state index contributed by atoms with van der Waals surface area (Å²) in [6.07, 6.45) is 1.04. The maximum Gasteiger partial charge on any atom is 0.188 e. The Morgan fingerprint density at radius 2 is 2.19 bits per heavy atom. The number of hydrogen-bond acceptors (Lipinski definition) is 2. The molecule has 3 N–H and O–H groups in total. The molecule has 0 amide bonds. The molecule has 1 aromatic rings. The lowest BCUT2D eigenvalue weighted by Gasteiger charge is -2.03. The van der Waals surface area contributed by atoms with E-state index in [2.05, 4.69) is 22.3 Å². The lowest BCUT2D eigenvalue weighted by Crippen LogP contribution is -2.32. The zero-order valence-corrected chi connectivity index (χ0v) is 10.5. The topological polar surface area (TPSA) is 68.2 Å². The SMILES string of the molecule is CCCNC(N)=NCc1c(C)nn(C)c1C. The molecular formula is C11H21N5. The van der Waals surface area contributed by atoms with Gasteiger partial charge in [-0.15, -0.1) is 0 Å². The maximum absolute atomic E-state index is 5.73. The molecule has 90 valence electrons. The van der Waals surface area contributed by atoms with Crippen molar-refractivity contribution < 1.29 is 0 Å². The van der Waals surface area contributed by atoms with Gasteiger partial charge in [0.1, 0.15) is 0 Å². The molecule has 0 aromatic carbocycles. The fourth-order valence-corrected chi connectivity index (χ4v) is 1.52. The molecule has 5 heteroatoms. The summed E-state index contributed by atoms with van der Waals surface area (Å²) in [4.78, 5) is 4.30. The second-order valence-electron chi connectivity index (χ2n) is 3.90. The molecule has 1 rings (SSSR count). The predicted octanol–water partition coefficient (Wildman–Crippen LogP) is 0.851. The number of nitrogens with zero attached hydrogens (tertiary/aromatic N) is 3. The van der Waals surface area contributed by atoms with Gasteiger partial charge in [-0.1, -0.05) is 6.92 Å². The van der Waals surface area contributed by atoms with Gasteiger partial charge in [-0.3, -0.25) is 4.68 Å². The molecule has 5 nitrogen and oxygen atoms in total. The third kappa shape index (κ3) is 2.98. The van der Waals surface area contributed by atoms with Gasteiger partial charge >= 0.3 is 0 Å². The molecule has 0 fully saturated rings. The van der Waals surface area contributed by atoms with Crippen LogP contribution in [0.1, 0.15) is 30.3 Å². The van der Waals surface area contributed by atoms with Gasteiger partial charge in [0, 0.05) is 24.8 Å². The van der Waals surface area contributed by atoms with Crippen molar-refractivity contribution in [1.29, 1.82) is 0 Å². The van der Waals surface area contributed by atoms with E-state index in [-0.39, 0.29) is 0 Å². The van der Waals surface area contributed by atoms with Gasteiger partial charge in [0.25, 0.3) is 0 Å². The number of aryl methyl sites for hydroxylation is 2. The van der Waals surface area contributed by atoms with Gasteiger partial charge in [0.05, 0.1) is 12.2 Å². The second kappa shape index (κ2) is 5.53. The van der Waals surface area contributed by atoms with Crippen molar-refractivity contribution in [2.24, 2.45) is 17.8 Å². The minimum Gasteiger partial charge on any atom is -0.370 e. The molecule has 0 saturated carbocycles. The third-order valence-electron chi connectivity index (χ3n) is 2.62. The van der Waals surface area contributed by atoms with Crippen molar-refractivity contribution >= 4 is 5.96 Å². The molecule has 0 atom stereocenters. The zero-order valence-electron chi connectivity index (χ0n) is 10.5. The highest BCUT2D eigenvalue weighted by molar-refractivity contribution is 5.77. The summed E-state index contributed by atoms with van der Waals surface area (Å²) < 4.78 is 1.87. The lowest BCUT2D eigenvalue weighted by molar-refractivity contribution is 0.730. The van der Waals surface area contributed by atoms with E-state index in [1.54, 1.807) is 0 Å². The molecule has 1 heterocycles. The number of nitrogens with one attached hydrogen (secondary N) is 1. The van der Waals surface area contributed by atoms with Crippen LogP contribution in [0.4, 0.5) is 0 Å². The van der Waals surface area contributed by atoms with Crippen molar-refractivity contribution in [1.82, 2.24) is 15.1 Å². The molecule has 0 spiro atoms. The first-order valence-corrected chi connectivity index (χ1v) is 5.59. The number of aliphatic imine (C=N–C) groups is 1. The summed E-state index contributed by atoms with van der Waals surface area (Å²) in [5, 5.41) is 7.39. The van der Waals surface area contributed by atoms with Gasteiger partial charge < -0.3 is 11.1 Å². The first kappa shape index (κ1) is 12.5. The van der Waals surface area contributed by atoms with Crippen LogP contribution >= 0.6 is 0 Å². The Morgan fingerprint density at radius 3 is 2.69 bits per heavy atom. The van der Waals surface area contributed by atoms with Crippen molar-refractivity contribution in [2.75, 3.05) is 6.54 Å². The van der Waals surface area contributed by atoms with E-state index in [4.69, 9.17) is 5.73 Å². The number of rotatable bonds is 4. The van der Waals surface area contributed by atoms with Crippen LogP contribution < -0.4 is 11.1 Å². The fraction of sp³-hybridized carbons (Fsp3) is 0.636. The summed E-state index contributed by atoms with van der Waals surface area (Å²) in [6, 6.07) is 0. The molecule has 16 heavy (non-hydrogen) atoms. The Labute approximate surface area is 96.7 Å². The molecule has 0 bridgehead atoms. The van der Waals surface area contributed by atoms with Crippen molar-refractivity contribution in [2.45, 2.75) is 33.7 Å². The van der Waals surface area contributed by atoms with Crippen LogP contribution in [0.25, 0.3) is 0 Å². The molecule has 0 aliphatic carbocycles. The number of nitrogens with two attached hydrogens (primary N) is 1. The fourth-order valence-electron chi connectivity index (χ4n) is 1.52. The smallest absolute Gasteiger partial charge is 0.188 e. The minimum atomic E-state index is 0.504. The number of hydrogen-bond donors (Lipinski definition) is 2. The summed E-state index contributed by atoms with van der Waals surface area (Å²) in [7, 11) is 1.94. The van der Waals surface area contributed by atoms with Crippen LogP contribution in [-0.2, 0) is 13.6 Å². The Bertz CT molecular complexity index is 378. The summed E-state index contributed by atoms with van der Waals surface area (Å²) >= 11 is 0. The Hall–Kier alpha value is -1.52. The van der Waals surface area contributed by atoms with Crippen LogP contribution in [0.3, 0.4) is 0 Å². The largest absolute Gasteiger partial charge is 0.370 e. The highest BCUT2D eigenvalue weighted by Gasteiger charge is 2.08. The average molecular weight is 223 g/mol. The normalized spacial score (nSPS) is 11.9. The first-order valence-electron chi connectivity index (χ1n) is 5.59. The van der Waals surface area contributed by atoms with Crippen molar-refractivity contribution in [3.05, 3.63) is 17.0 Å². The van der Waals surface area contributed by atoms with E-state index in [0.717, 1.165) is 29.9 Å². The van der Waals surface area contributed by atoms with E-state index in [0.29, 0.717) is 12.5 Å². The van der Waals surface area contributed by atoms with Crippen molar-refractivity contribution in [3.8, 4) is 0 Å². The van der Waals surface area contributed by atoms with E-state index in [1.165, 1.54) is 0 Å². The van der Waals surface area contributed by atoms with Gasteiger partial charge in [0.15, 0.2) is 5.96 Å². The predicted molar refractivity (Wildman–Crippen MR) is 66.3 cm³/mol. The summed E-state index contributed by atoms with van der Waals surface area (Å²) in [6.45, 7) is 7.58. The van der Waals surface area contributed by atoms with Gasteiger partial charge in [-0.25, -0.2) is 4.99 Å². The van der Waals surface area contributed by atoms with E-state index < -0.39 is 0 Å². The van der Waals surface area contributed by atoms with Crippen LogP contribution in [0.2, 0.25) is 0 Å². The quantitative estimate of drug-likeness (QED) is 0.587. The van der Waals surface area contributed by atoms with Crippen LogP contribution in [0.5, 0.6) is 0 Å². The van der Waals surface area contributed by atoms with Crippen LogP contribution in [0.15, 0.2) is 4.99 Å². The van der Waals surface area contributed by atoms with Gasteiger partial charge in [-0.2, -0.15) is 5.10 Å². The van der Waals surface area contributed by atoms with Crippen LogP contribution in [-0.4, -0.2) is 22.3 Å². The molecule has 1 aromatic heterocycles. The highest BCUT2D eigenvalue weighted by Crippen LogP contribution is 2.12. The Balaban J connectivity index is 2.66. The Morgan fingerprint density at radius 1 is 1.50 bits per heavy atom. The second-order valence-corrected chi connectivity index (χ2v) is 3.90. The number of guanidine groups is 1. The van der Waals surface area contributed by atoms with Gasteiger partial charge in [0.2, 0.25) is 0 Å². The number of aromatic nitrogens is 2. The zero-order chi connectivity index (χ0) is 12.1.